The third-order valence-electron chi connectivity index (χ3n) is 5.08. The number of nitrogens with zero attached hydrogens (tertiary/aromatic N) is 3. The molecule has 1 N–H and O–H groups in total. The van der Waals surface area contributed by atoms with E-state index in [-0.39, 0.29) is 5.91 Å². The van der Waals surface area contributed by atoms with Crippen molar-refractivity contribution in [1.29, 1.82) is 5.26 Å². The standard InChI is InChI=1S/C22H26N4O/c1-25(2)21(27)22(24-20-11-4-3-5-12-20)13-8-14-26(17-22)16-19-10-7-6-9-18(19)15-23/h3-7,9-12,24H,8,13-14,16-17H2,1-2H3. The third kappa shape index (κ3) is 4.29. The maximum absolute atomic E-state index is 13.1. The minimum Gasteiger partial charge on any atom is -0.370 e. The number of hydrogen-bond acceptors (Lipinski definition) is 4. The number of likely N-dealkylation sites (N-methyl/N-ethyl adjacent to an activating group) is 1. The molecule has 1 aliphatic heterocycles. The molecular weight excluding hydrogens is 336 g/mol. The lowest BCUT2D eigenvalue weighted by molar-refractivity contribution is -0.135. The molecule has 0 bridgehead atoms. The maximum atomic E-state index is 13.1. The van der Waals surface area contributed by atoms with E-state index in [1.807, 2.05) is 54.6 Å². The molecule has 0 aliphatic carbocycles. The zero-order valence-corrected chi connectivity index (χ0v) is 16.0. The van der Waals surface area contributed by atoms with E-state index < -0.39 is 5.54 Å². The molecule has 1 amide bonds. The van der Waals surface area contributed by atoms with Crippen molar-refractivity contribution in [2.75, 3.05) is 32.5 Å². The van der Waals surface area contributed by atoms with Gasteiger partial charge in [-0.2, -0.15) is 5.26 Å². The monoisotopic (exact) mass is 362 g/mol. The first-order chi connectivity index (χ1) is 13.0. The Hall–Kier alpha value is -2.84. The molecule has 2 aromatic carbocycles. The summed E-state index contributed by atoms with van der Waals surface area (Å²) in [6.45, 7) is 2.19. The second-order valence-corrected chi connectivity index (χ2v) is 7.36. The number of carbonyl (C=O) groups excluding carboxylic acids is 1. The minimum absolute atomic E-state index is 0.0876. The van der Waals surface area contributed by atoms with Crippen LogP contribution in [0.3, 0.4) is 0 Å². The van der Waals surface area contributed by atoms with Crippen molar-refractivity contribution in [1.82, 2.24) is 9.80 Å². The number of nitriles is 1. The number of hydrogen-bond donors (Lipinski definition) is 1. The number of carbonyl (C=O) groups is 1. The van der Waals surface area contributed by atoms with Crippen molar-refractivity contribution in [2.24, 2.45) is 0 Å². The van der Waals surface area contributed by atoms with Gasteiger partial charge in [0.05, 0.1) is 11.6 Å². The van der Waals surface area contributed by atoms with Crippen molar-refractivity contribution in [3.05, 3.63) is 65.7 Å². The molecule has 3 rings (SSSR count). The lowest BCUT2D eigenvalue weighted by Crippen LogP contribution is -2.61. The molecule has 2 aromatic rings. The number of benzene rings is 2. The Labute approximate surface area is 161 Å². The van der Waals surface area contributed by atoms with Crippen LogP contribution in [-0.2, 0) is 11.3 Å². The Morgan fingerprint density at radius 2 is 1.89 bits per heavy atom. The van der Waals surface area contributed by atoms with E-state index in [1.165, 1.54) is 0 Å². The lowest BCUT2D eigenvalue weighted by Gasteiger charge is -2.44. The van der Waals surface area contributed by atoms with Crippen molar-refractivity contribution in [3.8, 4) is 6.07 Å². The Morgan fingerprint density at radius 3 is 2.59 bits per heavy atom. The van der Waals surface area contributed by atoms with Crippen molar-refractivity contribution >= 4 is 11.6 Å². The van der Waals surface area contributed by atoms with Gasteiger partial charge in [0.1, 0.15) is 5.54 Å². The molecule has 1 unspecified atom stereocenters. The van der Waals surface area contributed by atoms with E-state index >= 15 is 0 Å². The average molecular weight is 362 g/mol. The lowest BCUT2D eigenvalue weighted by atomic mass is 9.86. The predicted molar refractivity (Wildman–Crippen MR) is 107 cm³/mol. The number of rotatable bonds is 5. The Bertz CT molecular complexity index is 828. The minimum atomic E-state index is -0.662. The fraction of sp³-hybridized carbons (Fsp3) is 0.364. The quantitative estimate of drug-likeness (QED) is 0.888. The fourth-order valence-electron chi connectivity index (χ4n) is 3.84. The number of para-hydroxylation sites is 1. The third-order valence-corrected chi connectivity index (χ3v) is 5.08. The molecule has 1 saturated heterocycles. The first-order valence-corrected chi connectivity index (χ1v) is 9.29. The summed E-state index contributed by atoms with van der Waals surface area (Å²) < 4.78 is 0. The van der Waals surface area contributed by atoms with Gasteiger partial charge in [0.15, 0.2) is 0 Å². The van der Waals surface area contributed by atoms with Gasteiger partial charge < -0.3 is 10.2 Å². The molecule has 0 aromatic heterocycles. The van der Waals surface area contributed by atoms with Gasteiger partial charge in [-0.15, -0.1) is 0 Å². The first kappa shape index (κ1) is 18.9. The van der Waals surface area contributed by atoms with Crippen LogP contribution in [0.25, 0.3) is 0 Å². The zero-order chi connectivity index (χ0) is 19.3. The highest BCUT2D eigenvalue weighted by Crippen LogP contribution is 2.29. The average Bonchev–Trinajstić information content (AvgIpc) is 2.68. The van der Waals surface area contributed by atoms with Gasteiger partial charge in [-0.3, -0.25) is 9.69 Å². The predicted octanol–water partition coefficient (Wildman–Crippen LogP) is 3.09. The topological polar surface area (TPSA) is 59.4 Å². The Balaban J connectivity index is 1.85. The molecule has 0 spiro atoms. The van der Waals surface area contributed by atoms with Gasteiger partial charge in [-0.05, 0) is 43.1 Å². The van der Waals surface area contributed by atoms with E-state index in [0.29, 0.717) is 18.7 Å². The number of anilines is 1. The summed E-state index contributed by atoms with van der Waals surface area (Å²) in [4.78, 5) is 17.1. The summed E-state index contributed by atoms with van der Waals surface area (Å²) in [6.07, 6.45) is 1.71. The summed E-state index contributed by atoms with van der Waals surface area (Å²) >= 11 is 0. The van der Waals surface area contributed by atoms with E-state index in [0.717, 1.165) is 30.6 Å². The van der Waals surface area contributed by atoms with Crippen LogP contribution >= 0.6 is 0 Å². The number of nitrogens with one attached hydrogen (secondary N) is 1. The van der Waals surface area contributed by atoms with Crippen molar-refractivity contribution < 1.29 is 4.79 Å². The fourth-order valence-corrected chi connectivity index (χ4v) is 3.84. The summed E-state index contributed by atoms with van der Waals surface area (Å²) in [5.41, 5.74) is 1.99. The van der Waals surface area contributed by atoms with E-state index in [1.54, 1.807) is 19.0 Å². The van der Waals surface area contributed by atoms with Gasteiger partial charge in [-0.1, -0.05) is 36.4 Å². The molecule has 1 atom stereocenters. The van der Waals surface area contributed by atoms with E-state index in [2.05, 4.69) is 16.3 Å². The molecule has 1 fully saturated rings. The summed E-state index contributed by atoms with van der Waals surface area (Å²) in [5, 5.41) is 12.9. The smallest absolute Gasteiger partial charge is 0.249 e. The van der Waals surface area contributed by atoms with Crippen molar-refractivity contribution in [2.45, 2.75) is 24.9 Å². The van der Waals surface area contributed by atoms with Crippen LogP contribution in [0.4, 0.5) is 5.69 Å². The Kier molecular flexibility index (Phi) is 5.78. The van der Waals surface area contributed by atoms with Crippen LogP contribution in [0.1, 0.15) is 24.0 Å². The maximum Gasteiger partial charge on any atom is 0.249 e. The van der Waals surface area contributed by atoms with Crippen LogP contribution in [-0.4, -0.2) is 48.4 Å². The van der Waals surface area contributed by atoms with Crippen LogP contribution < -0.4 is 5.32 Å². The molecule has 5 nitrogen and oxygen atoms in total. The number of likely N-dealkylation sites (tertiary alicyclic amines) is 1. The first-order valence-electron chi connectivity index (χ1n) is 9.29. The molecular formula is C22H26N4O. The summed E-state index contributed by atoms with van der Waals surface area (Å²) in [7, 11) is 3.61. The molecule has 0 radical (unpaired) electrons. The SMILES string of the molecule is CN(C)C(=O)C1(Nc2ccccc2)CCCN(Cc2ccccc2C#N)C1. The molecule has 1 aliphatic rings. The summed E-state index contributed by atoms with van der Waals surface area (Å²) in [5.74, 6) is 0.0876. The van der Waals surface area contributed by atoms with Gasteiger partial charge >= 0.3 is 0 Å². The zero-order valence-electron chi connectivity index (χ0n) is 16.0. The van der Waals surface area contributed by atoms with Gasteiger partial charge in [-0.25, -0.2) is 0 Å². The van der Waals surface area contributed by atoms with E-state index in [4.69, 9.17) is 0 Å². The van der Waals surface area contributed by atoms with Crippen LogP contribution in [0.5, 0.6) is 0 Å². The summed E-state index contributed by atoms with van der Waals surface area (Å²) in [6, 6.07) is 19.9. The van der Waals surface area contributed by atoms with Crippen LogP contribution in [0.15, 0.2) is 54.6 Å². The second kappa shape index (κ2) is 8.24. The highest BCUT2D eigenvalue weighted by atomic mass is 16.2. The highest BCUT2D eigenvalue weighted by Gasteiger charge is 2.43. The van der Waals surface area contributed by atoms with Crippen molar-refractivity contribution in [3.63, 3.8) is 0 Å². The van der Waals surface area contributed by atoms with E-state index in [9.17, 15) is 10.1 Å². The van der Waals surface area contributed by atoms with Gasteiger partial charge in [0.2, 0.25) is 5.91 Å². The number of amides is 1. The molecule has 5 heteroatoms. The van der Waals surface area contributed by atoms with Crippen LogP contribution in [0, 0.1) is 11.3 Å². The Morgan fingerprint density at radius 1 is 1.19 bits per heavy atom. The number of piperidine rings is 1. The normalized spacial score (nSPS) is 19.9. The van der Waals surface area contributed by atoms with Gasteiger partial charge in [0, 0.05) is 32.9 Å². The largest absolute Gasteiger partial charge is 0.370 e. The molecule has 1 heterocycles. The molecule has 0 saturated carbocycles. The van der Waals surface area contributed by atoms with Crippen LogP contribution in [0.2, 0.25) is 0 Å². The van der Waals surface area contributed by atoms with Gasteiger partial charge in [0.25, 0.3) is 0 Å². The highest BCUT2D eigenvalue weighted by molar-refractivity contribution is 5.89. The second-order valence-electron chi connectivity index (χ2n) is 7.36. The molecule has 27 heavy (non-hydrogen) atoms. The molecule has 140 valence electrons.